The molecule has 0 saturated carbocycles. The molecule has 2 radical (unpaired) electrons. The molecule has 0 rings (SSSR count). The van der Waals surface area contributed by atoms with Gasteiger partial charge >= 0.3 is 50.6 Å². The topological polar surface area (TPSA) is 77.8 Å². The van der Waals surface area contributed by atoms with Crippen molar-refractivity contribution in [1.29, 1.82) is 0 Å². The van der Waals surface area contributed by atoms with Crippen LogP contribution >= 0.6 is 7.82 Å². The summed E-state index contributed by atoms with van der Waals surface area (Å²) in [7, 11) is -4.64. The summed E-state index contributed by atoms with van der Waals surface area (Å²) in [5.74, 6) is 0. The van der Waals surface area contributed by atoms with E-state index in [1.807, 2.05) is 0 Å². The molecule has 0 aromatic rings. The van der Waals surface area contributed by atoms with E-state index in [0.29, 0.717) is 0 Å². The van der Waals surface area contributed by atoms with Crippen molar-refractivity contribution in [2.45, 2.75) is 0 Å². The molecule has 0 heterocycles. The van der Waals surface area contributed by atoms with Crippen LogP contribution in [0.15, 0.2) is 0 Å². The van der Waals surface area contributed by atoms with Gasteiger partial charge in [0.2, 0.25) is 0 Å². The molecule has 0 unspecified atom stereocenters. The van der Waals surface area contributed by atoms with Crippen LogP contribution in [-0.2, 0) is 4.57 Å². The Labute approximate surface area is 69.7 Å². The first-order valence-electron chi connectivity index (χ1n) is 0.783. The summed E-state index contributed by atoms with van der Waals surface area (Å²) in [6, 6.07) is 0. The Bertz CT molecular complexity index is 57.8. The van der Waals surface area contributed by atoms with E-state index < -0.39 is 7.82 Å². The van der Waals surface area contributed by atoms with Crippen LogP contribution in [0.5, 0.6) is 0 Å². The fourth-order valence-electron chi connectivity index (χ4n) is 0. The summed E-state index contributed by atoms with van der Waals surface area (Å²) < 4.78 is 8.88. The second kappa shape index (κ2) is 5.64. The maximum absolute atomic E-state index is 8.88. The third-order valence-electron chi connectivity index (χ3n) is 0. The first-order chi connectivity index (χ1) is 2.00. The molecule has 0 aliphatic carbocycles. The van der Waals surface area contributed by atoms with Gasteiger partial charge in [-0.05, 0) is 0 Å². The molecule has 0 saturated heterocycles. The van der Waals surface area contributed by atoms with Crippen molar-refractivity contribution in [1.82, 2.24) is 0 Å². The first-order valence-corrected chi connectivity index (χ1v) is 2.35. The molecule has 0 fully saturated rings. The molecule has 7 heteroatoms. The van der Waals surface area contributed by atoms with Gasteiger partial charge < -0.3 is 14.7 Å². The zero-order valence-electron chi connectivity index (χ0n) is 2.90. The first kappa shape index (κ1) is 15.8. The maximum atomic E-state index is 8.88. The average molecular weight is 227 g/mol. The van der Waals surface area contributed by atoms with E-state index in [0.717, 1.165) is 0 Å². The van der Waals surface area contributed by atoms with Gasteiger partial charge in [-0.3, -0.25) is 0 Å². The molecular formula is H6LiO4PSn. The number of hydrogen-bond donors (Lipinski definition) is 3. The van der Waals surface area contributed by atoms with Crippen molar-refractivity contribution in [2.75, 3.05) is 0 Å². The zero-order chi connectivity index (χ0) is 4.50. The molecule has 7 heavy (non-hydrogen) atoms. The van der Waals surface area contributed by atoms with E-state index in [2.05, 4.69) is 0 Å². The molecule has 0 atom stereocenters. The molecule has 0 aromatic heterocycles. The van der Waals surface area contributed by atoms with Crippen LogP contribution < -0.4 is 0 Å². The Morgan fingerprint density at radius 3 is 1.14 bits per heavy atom. The van der Waals surface area contributed by atoms with Crippen molar-refractivity contribution in [3.8, 4) is 0 Å². The average Bonchev–Trinajstić information content (AvgIpc) is 0.722. The van der Waals surface area contributed by atoms with Crippen molar-refractivity contribution in [3.05, 3.63) is 0 Å². The minimum absolute atomic E-state index is 0. The van der Waals surface area contributed by atoms with Crippen LogP contribution in [0.25, 0.3) is 0 Å². The Kier molecular flexibility index (Phi) is 12.7. The third kappa shape index (κ3) is 100. The molecule has 4 nitrogen and oxygen atoms in total. The van der Waals surface area contributed by atoms with Gasteiger partial charge in [-0.25, -0.2) is 4.57 Å². The summed E-state index contributed by atoms with van der Waals surface area (Å²) >= 11 is 0. The fraction of sp³-hybridized carbons (Fsp3) is 0. The van der Waals surface area contributed by atoms with Gasteiger partial charge in [0, 0.05) is 0 Å². The van der Waals surface area contributed by atoms with E-state index in [-0.39, 0.29) is 42.8 Å². The number of hydrogen-bond acceptors (Lipinski definition) is 1. The van der Waals surface area contributed by atoms with Crippen LogP contribution in [-0.4, -0.2) is 57.4 Å². The van der Waals surface area contributed by atoms with Gasteiger partial charge in [0.05, 0.1) is 0 Å². The van der Waals surface area contributed by atoms with Crippen LogP contribution in [0.3, 0.4) is 0 Å². The Balaban J connectivity index is -0.0000000800. The van der Waals surface area contributed by atoms with E-state index >= 15 is 0 Å². The molecule has 40 valence electrons. The van der Waals surface area contributed by atoms with Crippen LogP contribution in [0, 0.1) is 0 Å². The molecule has 3 N–H and O–H groups in total. The van der Waals surface area contributed by atoms with E-state index in [4.69, 9.17) is 19.2 Å². The Morgan fingerprint density at radius 2 is 1.14 bits per heavy atom. The number of phosphoric acid groups is 1. The zero-order valence-corrected chi connectivity index (χ0v) is 7.83. The fourth-order valence-corrected chi connectivity index (χ4v) is 0. The van der Waals surface area contributed by atoms with E-state index in [1.54, 1.807) is 0 Å². The van der Waals surface area contributed by atoms with Gasteiger partial charge in [-0.2, -0.15) is 0 Å². The molecular weight excluding hydrogens is 221 g/mol. The molecule has 0 amide bonds. The number of rotatable bonds is 0. The Hall–Kier alpha value is 1.51. The molecule has 0 aromatic carbocycles. The van der Waals surface area contributed by atoms with Gasteiger partial charge in [0.1, 0.15) is 0 Å². The van der Waals surface area contributed by atoms with Gasteiger partial charge in [0.15, 0.2) is 0 Å². The predicted octanol–water partition coefficient (Wildman–Crippen LogP) is -2.49. The summed E-state index contributed by atoms with van der Waals surface area (Å²) in [6.45, 7) is 0. The van der Waals surface area contributed by atoms with Gasteiger partial charge in [-0.1, -0.05) is 0 Å². The Morgan fingerprint density at radius 1 is 1.14 bits per heavy atom. The van der Waals surface area contributed by atoms with Crippen LogP contribution in [0.1, 0.15) is 0 Å². The van der Waals surface area contributed by atoms with E-state index in [1.165, 1.54) is 0 Å². The van der Waals surface area contributed by atoms with Crippen molar-refractivity contribution >= 4 is 50.6 Å². The monoisotopic (exact) mass is 228 g/mol. The summed E-state index contributed by atoms with van der Waals surface area (Å²) in [6.07, 6.45) is 0. The molecule has 0 aliphatic rings. The van der Waals surface area contributed by atoms with Crippen molar-refractivity contribution in [3.63, 3.8) is 0 Å². The third-order valence-corrected chi connectivity index (χ3v) is 0. The normalized spacial score (nSPS) is 8.43. The standard InChI is InChI=1S/Li.H3O4P.Sn.3H/c;1-5(2,3)4;;;;/h;(H3,1,2,3,4);;;;. The van der Waals surface area contributed by atoms with Crippen LogP contribution in [0.4, 0.5) is 0 Å². The van der Waals surface area contributed by atoms with Gasteiger partial charge in [-0.15, -0.1) is 0 Å². The summed E-state index contributed by atoms with van der Waals surface area (Å²) in [5, 5.41) is 0. The second-order valence-electron chi connectivity index (χ2n) is 0.513. The molecule has 0 aliphatic heterocycles. The quantitative estimate of drug-likeness (QED) is 0.316. The molecule has 0 spiro atoms. The van der Waals surface area contributed by atoms with Crippen molar-refractivity contribution in [2.24, 2.45) is 0 Å². The summed E-state index contributed by atoms with van der Waals surface area (Å²) in [4.78, 5) is 21.6. The SMILES string of the molecule is O=P(O)(O)O.[LiH].[SnH2]. The van der Waals surface area contributed by atoms with E-state index in [9.17, 15) is 0 Å². The summed E-state index contributed by atoms with van der Waals surface area (Å²) in [5.41, 5.74) is 0. The molecule has 0 bridgehead atoms. The van der Waals surface area contributed by atoms with Crippen LogP contribution in [0.2, 0.25) is 0 Å². The second-order valence-corrected chi connectivity index (χ2v) is 1.54. The minimum atomic E-state index is -4.64. The van der Waals surface area contributed by atoms with Gasteiger partial charge in [0.25, 0.3) is 0 Å². The predicted molar refractivity (Wildman–Crippen MR) is 30.0 cm³/mol. The van der Waals surface area contributed by atoms with Crippen molar-refractivity contribution < 1.29 is 19.2 Å².